The summed E-state index contributed by atoms with van der Waals surface area (Å²) in [5, 5.41) is 3.67. The van der Waals surface area contributed by atoms with Crippen molar-refractivity contribution in [1.29, 1.82) is 0 Å². The summed E-state index contributed by atoms with van der Waals surface area (Å²) in [6, 6.07) is 0.706. The largest absolute Gasteiger partial charge is 0.314 e. The fourth-order valence-electron chi connectivity index (χ4n) is 2.97. The summed E-state index contributed by atoms with van der Waals surface area (Å²) >= 11 is 0. The van der Waals surface area contributed by atoms with E-state index in [2.05, 4.69) is 38.2 Å². The molecule has 1 heteroatoms. The molecule has 1 N–H and O–H groups in total. The van der Waals surface area contributed by atoms with E-state index in [1.54, 1.807) is 0 Å². The second-order valence-electron chi connectivity index (χ2n) is 5.53. The monoisotopic (exact) mass is 193 g/mol. The second-order valence-corrected chi connectivity index (χ2v) is 5.53. The summed E-state index contributed by atoms with van der Waals surface area (Å²) in [7, 11) is 0. The maximum atomic E-state index is 3.67. The van der Waals surface area contributed by atoms with Gasteiger partial charge in [-0.3, -0.25) is 0 Å². The maximum Gasteiger partial charge on any atom is 0.00729 e. The molecule has 2 aliphatic rings. The van der Waals surface area contributed by atoms with Gasteiger partial charge in [0.15, 0.2) is 0 Å². The van der Waals surface area contributed by atoms with Crippen molar-refractivity contribution in [3.05, 3.63) is 12.2 Å². The number of nitrogens with one attached hydrogen (secondary N) is 1. The normalized spacial score (nSPS) is 37.0. The van der Waals surface area contributed by atoms with E-state index in [1.165, 1.54) is 19.4 Å². The molecule has 2 bridgehead atoms. The molecule has 0 aromatic heterocycles. The lowest BCUT2D eigenvalue weighted by molar-refractivity contribution is 0.317. The van der Waals surface area contributed by atoms with Crippen molar-refractivity contribution in [2.75, 3.05) is 6.54 Å². The smallest absolute Gasteiger partial charge is 0.00729 e. The minimum atomic E-state index is 0.706. The Morgan fingerprint density at radius 1 is 1.21 bits per heavy atom. The van der Waals surface area contributed by atoms with Crippen LogP contribution < -0.4 is 5.32 Å². The highest BCUT2D eigenvalue weighted by Crippen LogP contribution is 2.44. The van der Waals surface area contributed by atoms with Gasteiger partial charge in [0, 0.05) is 6.04 Å². The Hall–Kier alpha value is -0.300. The van der Waals surface area contributed by atoms with Gasteiger partial charge in [-0.05, 0) is 50.0 Å². The molecule has 0 radical (unpaired) electrons. The van der Waals surface area contributed by atoms with Crippen LogP contribution in [0.4, 0.5) is 0 Å². The van der Waals surface area contributed by atoms with Crippen LogP contribution in [-0.2, 0) is 0 Å². The summed E-state index contributed by atoms with van der Waals surface area (Å²) in [6.45, 7) is 8.08. The highest BCUT2D eigenvalue weighted by atomic mass is 14.9. The molecule has 1 fully saturated rings. The van der Waals surface area contributed by atoms with E-state index in [0.29, 0.717) is 6.04 Å². The van der Waals surface area contributed by atoms with Gasteiger partial charge in [0.1, 0.15) is 0 Å². The van der Waals surface area contributed by atoms with Crippen LogP contribution in [0.25, 0.3) is 0 Å². The molecular weight excluding hydrogens is 170 g/mol. The SMILES string of the molecule is CC(C)CNC(C)C1CC2C=CC1C2. The first-order chi connectivity index (χ1) is 6.66. The zero-order chi connectivity index (χ0) is 10.1. The van der Waals surface area contributed by atoms with E-state index in [0.717, 1.165) is 23.7 Å². The van der Waals surface area contributed by atoms with E-state index in [9.17, 15) is 0 Å². The molecule has 0 aromatic rings. The summed E-state index contributed by atoms with van der Waals surface area (Å²) in [4.78, 5) is 0. The lowest BCUT2D eigenvalue weighted by atomic mass is 9.87. The number of rotatable bonds is 4. The Morgan fingerprint density at radius 3 is 2.50 bits per heavy atom. The Labute approximate surface area is 88.0 Å². The standard InChI is InChI=1S/C13H23N/c1-9(2)8-14-10(3)13-7-11-4-5-12(13)6-11/h4-5,9-14H,6-8H2,1-3H3. The van der Waals surface area contributed by atoms with Crippen molar-refractivity contribution >= 4 is 0 Å². The molecule has 4 atom stereocenters. The van der Waals surface area contributed by atoms with Crippen molar-refractivity contribution in [2.24, 2.45) is 23.7 Å². The molecule has 2 aliphatic carbocycles. The molecular formula is C13H23N. The first kappa shape index (κ1) is 10.2. The highest BCUT2D eigenvalue weighted by molar-refractivity contribution is 5.11. The third-order valence-corrected chi connectivity index (χ3v) is 3.82. The molecule has 14 heavy (non-hydrogen) atoms. The quantitative estimate of drug-likeness (QED) is 0.677. The van der Waals surface area contributed by atoms with Gasteiger partial charge < -0.3 is 5.32 Å². The van der Waals surface area contributed by atoms with Crippen LogP contribution in [0.15, 0.2) is 12.2 Å². The van der Waals surface area contributed by atoms with Crippen LogP contribution in [0.5, 0.6) is 0 Å². The van der Waals surface area contributed by atoms with Gasteiger partial charge in [0.25, 0.3) is 0 Å². The minimum absolute atomic E-state index is 0.706. The first-order valence-electron chi connectivity index (χ1n) is 6.08. The van der Waals surface area contributed by atoms with Crippen molar-refractivity contribution in [3.63, 3.8) is 0 Å². The van der Waals surface area contributed by atoms with Crippen molar-refractivity contribution < 1.29 is 0 Å². The molecule has 1 nitrogen and oxygen atoms in total. The molecule has 0 aliphatic heterocycles. The topological polar surface area (TPSA) is 12.0 Å². The number of allylic oxidation sites excluding steroid dienone is 2. The molecule has 2 rings (SSSR count). The average molecular weight is 193 g/mol. The molecule has 0 amide bonds. The predicted octanol–water partition coefficient (Wildman–Crippen LogP) is 2.83. The summed E-state index contributed by atoms with van der Waals surface area (Å²) < 4.78 is 0. The first-order valence-corrected chi connectivity index (χ1v) is 6.08. The van der Waals surface area contributed by atoms with Crippen LogP contribution in [0.3, 0.4) is 0 Å². The molecule has 0 aromatic carbocycles. The van der Waals surface area contributed by atoms with Gasteiger partial charge in [-0.25, -0.2) is 0 Å². The summed E-state index contributed by atoms with van der Waals surface area (Å²) in [6.07, 6.45) is 7.73. The van der Waals surface area contributed by atoms with E-state index in [1.807, 2.05) is 0 Å². The Balaban J connectivity index is 1.81. The molecule has 1 saturated carbocycles. The van der Waals surface area contributed by atoms with Gasteiger partial charge in [-0.15, -0.1) is 0 Å². The van der Waals surface area contributed by atoms with Crippen LogP contribution in [0.2, 0.25) is 0 Å². The van der Waals surface area contributed by atoms with Crippen molar-refractivity contribution in [2.45, 2.75) is 39.7 Å². The zero-order valence-electron chi connectivity index (χ0n) is 9.66. The van der Waals surface area contributed by atoms with Crippen LogP contribution >= 0.6 is 0 Å². The van der Waals surface area contributed by atoms with Crippen LogP contribution in [-0.4, -0.2) is 12.6 Å². The van der Waals surface area contributed by atoms with Gasteiger partial charge >= 0.3 is 0 Å². The minimum Gasteiger partial charge on any atom is -0.314 e. The Bertz CT molecular complexity index is 219. The van der Waals surface area contributed by atoms with E-state index in [4.69, 9.17) is 0 Å². The van der Waals surface area contributed by atoms with E-state index in [-0.39, 0.29) is 0 Å². The fraction of sp³-hybridized carbons (Fsp3) is 0.846. The Kier molecular flexibility index (Phi) is 2.96. The molecule has 80 valence electrons. The molecule has 0 spiro atoms. The van der Waals surface area contributed by atoms with Gasteiger partial charge in [-0.1, -0.05) is 26.0 Å². The van der Waals surface area contributed by atoms with Gasteiger partial charge in [0.05, 0.1) is 0 Å². The fourth-order valence-corrected chi connectivity index (χ4v) is 2.97. The Morgan fingerprint density at radius 2 is 2.00 bits per heavy atom. The predicted molar refractivity (Wildman–Crippen MR) is 61.1 cm³/mol. The average Bonchev–Trinajstić information content (AvgIpc) is 2.74. The highest BCUT2D eigenvalue weighted by Gasteiger charge is 2.38. The number of hydrogen-bond donors (Lipinski definition) is 1. The van der Waals surface area contributed by atoms with Crippen LogP contribution in [0.1, 0.15) is 33.6 Å². The van der Waals surface area contributed by atoms with Crippen molar-refractivity contribution in [3.8, 4) is 0 Å². The lowest BCUT2D eigenvalue weighted by Gasteiger charge is -2.27. The zero-order valence-corrected chi connectivity index (χ0v) is 9.66. The van der Waals surface area contributed by atoms with Crippen LogP contribution in [0, 0.1) is 23.7 Å². The lowest BCUT2D eigenvalue weighted by Crippen LogP contribution is -2.37. The maximum absolute atomic E-state index is 3.67. The summed E-state index contributed by atoms with van der Waals surface area (Å²) in [5.74, 6) is 3.47. The van der Waals surface area contributed by atoms with Gasteiger partial charge in [0.2, 0.25) is 0 Å². The summed E-state index contributed by atoms with van der Waals surface area (Å²) in [5.41, 5.74) is 0. The second kappa shape index (κ2) is 4.06. The third kappa shape index (κ3) is 2.03. The third-order valence-electron chi connectivity index (χ3n) is 3.82. The van der Waals surface area contributed by atoms with Gasteiger partial charge in [-0.2, -0.15) is 0 Å². The molecule has 0 heterocycles. The molecule has 0 saturated heterocycles. The van der Waals surface area contributed by atoms with E-state index < -0.39 is 0 Å². The number of fused-ring (bicyclic) bond motifs is 2. The number of hydrogen-bond acceptors (Lipinski definition) is 1. The van der Waals surface area contributed by atoms with Crippen molar-refractivity contribution in [1.82, 2.24) is 5.32 Å². The van der Waals surface area contributed by atoms with E-state index >= 15 is 0 Å². The molecule has 4 unspecified atom stereocenters.